The van der Waals surface area contributed by atoms with Crippen LogP contribution < -0.4 is 4.90 Å². The van der Waals surface area contributed by atoms with Crippen LogP contribution in [0.3, 0.4) is 0 Å². The second-order valence-electron chi connectivity index (χ2n) is 6.81. The number of ether oxygens (including phenoxy) is 1. The number of nitro benzene ring substituents is 2. The Morgan fingerprint density at radius 3 is 2.57 bits per heavy atom. The summed E-state index contributed by atoms with van der Waals surface area (Å²) < 4.78 is 5.76. The molecule has 3 atom stereocenters. The molecule has 3 rings (SSSR count). The van der Waals surface area contributed by atoms with Gasteiger partial charge in [0.25, 0.3) is 11.4 Å². The van der Waals surface area contributed by atoms with Crippen molar-refractivity contribution in [1.82, 2.24) is 0 Å². The molecule has 8 nitrogen and oxygen atoms in total. The van der Waals surface area contributed by atoms with Crippen LogP contribution in [0.4, 0.5) is 17.1 Å². The van der Waals surface area contributed by atoms with Gasteiger partial charge < -0.3 is 9.64 Å². The number of benzene rings is 1. The van der Waals surface area contributed by atoms with Gasteiger partial charge in [-0.1, -0.05) is 13.8 Å². The fourth-order valence-electron chi connectivity index (χ4n) is 4.30. The van der Waals surface area contributed by atoms with Gasteiger partial charge in [0, 0.05) is 37.1 Å². The maximum atomic E-state index is 11.4. The summed E-state index contributed by atoms with van der Waals surface area (Å²) in [5.74, 6) is 0.338. The van der Waals surface area contributed by atoms with E-state index < -0.39 is 9.85 Å². The zero-order valence-corrected chi connectivity index (χ0v) is 13.3. The Kier molecular flexibility index (Phi) is 3.51. The number of hydrogen-bond donors (Lipinski definition) is 0. The largest absolute Gasteiger partial charge is 0.377 e. The molecule has 1 saturated heterocycles. The van der Waals surface area contributed by atoms with Crippen LogP contribution in [0, 0.1) is 31.6 Å². The van der Waals surface area contributed by atoms with Crippen LogP contribution in [0.5, 0.6) is 0 Å². The maximum absolute atomic E-state index is 11.4. The first-order valence-electron chi connectivity index (χ1n) is 7.52. The van der Waals surface area contributed by atoms with Gasteiger partial charge in [-0.15, -0.1) is 0 Å². The third kappa shape index (κ3) is 2.24. The predicted octanol–water partition coefficient (Wildman–Crippen LogP) is 2.75. The van der Waals surface area contributed by atoms with Gasteiger partial charge in [0.15, 0.2) is 0 Å². The van der Waals surface area contributed by atoms with Gasteiger partial charge in [-0.25, -0.2) is 0 Å². The van der Waals surface area contributed by atoms with Crippen molar-refractivity contribution in [3.05, 3.63) is 38.4 Å². The molecule has 0 spiro atoms. The zero-order valence-electron chi connectivity index (χ0n) is 13.3. The maximum Gasteiger partial charge on any atom is 0.299 e. The number of nitro groups is 2. The molecule has 1 aromatic carbocycles. The van der Waals surface area contributed by atoms with Crippen molar-refractivity contribution in [3.8, 4) is 0 Å². The summed E-state index contributed by atoms with van der Waals surface area (Å²) in [6.45, 7) is 4.90. The van der Waals surface area contributed by atoms with E-state index in [9.17, 15) is 20.2 Å². The molecule has 0 radical (unpaired) electrons. The Labute approximate surface area is 133 Å². The van der Waals surface area contributed by atoms with Crippen LogP contribution in [0.2, 0.25) is 0 Å². The highest BCUT2D eigenvalue weighted by Crippen LogP contribution is 2.55. The Morgan fingerprint density at radius 1 is 1.26 bits per heavy atom. The number of hydrogen-bond acceptors (Lipinski definition) is 6. The van der Waals surface area contributed by atoms with E-state index in [0.717, 1.165) is 12.5 Å². The summed E-state index contributed by atoms with van der Waals surface area (Å²) in [6, 6.07) is 3.91. The van der Waals surface area contributed by atoms with Crippen LogP contribution in [0.1, 0.15) is 20.3 Å². The van der Waals surface area contributed by atoms with E-state index >= 15 is 0 Å². The molecule has 124 valence electrons. The molecule has 0 N–H and O–H groups in total. The average Bonchev–Trinajstić information content (AvgIpc) is 2.92. The minimum atomic E-state index is -0.620. The third-order valence-corrected chi connectivity index (χ3v) is 5.20. The Bertz CT molecular complexity index is 675. The molecule has 1 aliphatic carbocycles. The highest BCUT2D eigenvalue weighted by atomic mass is 16.6. The minimum Gasteiger partial charge on any atom is -0.377 e. The minimum absolute atomic E-state index is 0.107. The summed E-state index contributed by atoms with van der Waals surface area (Å²) in [5, 5.41) is 22.2. The second kappa shape index (κ2) is 5.16. The Hall–Kier alpha value is -2.22. The molecule has 1 heterocycles. The van der Waals surface area contributed by atoms with Gasteiger partial charge in [0.05, 0.1) is 22.0 Å². The van der Waals surface area contributed by atoms with Crippen LogP contribution in [0.15, 0.2) is 18.2 Å². The van der Waals surface area contributed by atoms with Gasteiger partial charge in [0.1, 0.15) is 5.69 Å². The molecular weight excluding hydrogens is 302 g/mol. The number of non-ortho nitro benzene ring substituents is 1. The van der Waals surface area contributed by atoms with Crippen LogP contribution in [-0.4, -0.2) is 35.6 Å². The number of nitrogens with zero attached hydrogens (tertiary/aromatic N) is 3. The van der Waals surface area contributed by atoms with E-state index in [-0.39, 0.29) is 28.9 Å². The summed E-state index contributed by atoms with van der Waals surface area (Å²) in [6.07, 6.45) is 1.11. The Morgan fingerprint density at radius 2 is 1.96 bits per heavy atom. The molecule has 8 heteroatoms. The second-order valence-corrected chi connectivity index (χ2v) is 6.81. The van der Waals surface area contributed by atoms with Gasteiger partial charge >= 0.3 is 0 Å². The molecule has 1 saturated carbocycles. The lowest BCUT2D eigenvalue weighted by Gasteiger charge is -2.58. The van der Waals surface area contributed by atoms with Crippen molar-refractivity contribution in [1.29, 1.82) is 0 Å². The topological polar surface area (TPSA) is 98.8 Å². The van der Waals surface area contributed by atoms with E-state index in [0.29, 0.717) is 18.2 Å². The molecule has 0 amide bonds. The number of anilines is 1. The monoisotopic (exact) mass is 321 g/mol. The first kappa shape index (κ1) is 15.7. The highest BCUT2D eigenvalue weighted by Gasteiger charge is 2.61. The van der Waals surface area contributed by atoms with Gasteiger partial charge in [-0.05, 0) is 12.5 Å². The summed E-state index contributed by atoms with van der Waals surface area (Å²) >= 11 is 0. The first-order valence-corrected chi connectivity index (χ1v) is 7.52. The van der Waals surface area contributed by atoms with Crippen molar-refractivity contribution >= 4 is 17.1 Å². The molecule has 3 unspecified atom stereocenters. The van der Waals surface area contributed by atoms with Crippen molar-refractivity contribution in [2.45, 2.75) is 32.4 Å². The molecule has 1 aromatic rings. The molecule has 0 aromatic heterocycles. The van der Waals surface area contributed by atoms with Crippen LogP contribution in [0.25, 0.3) is 0 Å². The van der Waals surface area contributed by atoms with Crippen molar-refractivity contribution in [3.63, 3.8) is 0 Å². The average molecular weight is 321 g/mol. The van der Waals surface area contributed by atoms with E-state index in [1.807, 2.05) is 11.9 Å². The van der Waals surface area contributed by atoms with Gasteiger partial charge in [0.2, 0.25) is 0 Å². The van der Waals surface area contributed by atoms with E-state index in [4.69, 9.17) is 4.74 Å². The lowest BCUT2D eigenvalue weighted by atomic mass is 9.56. The molecular formula is C15H19N3O5. The lowest BCUT2D eigenvalue weighted by Crippen LogP contribution is -2.66. The predicted molar refractivity (Wildman–Crippen MR) is 83.6 cm³/mol. The fourth-order valence-corrected chi connectivity index (χ4v) is 4.30. The summed E-state index contributed by atoms with van der Waals surface area (Å²) in [4.78, 5) is 22.9. The molecule has 23 heavy (non-hydrogen) atoms. The molecule has 0 bridgehead atoms. The van der Waals surface area contributed by atoms with Gasteiger partial charge in [-0.3, -0.25) is 20.2 Å². The zero-order chi connectivity index (χ0) is 16.9. The van der Waals surface area contributed by atoms with Gasteiger partial charge in [-0.2, -0.15) is 0 Å². The third-order valence-electron chi connectivity index (χ3n) is 5.20. The smallest absolute Gasteiger partial charge is 0.299 e. The van der Waals surface area contributed by atoms with Crippen molar-refractivity contribution in [2.24, 2.45) is 11.3 Å². The van der Waals surface area contributed by atoms with E-state index in [1.54, 1.807) is 0 Å². The number of rotatable bonds is 4. The fraction of sp³-hybridized carbons (Fsp3) is 0.600. The number of fused-ring (bicyclic) bond motifs is 1. The molecule has 2 aliphatic rings. The summed E-state index contributed by atoms with van der Waals surface area (Å²) in [7, 11) is 1.81. The lowest BCUT2D eigenvalue weighted by molar-refractivity contribution is -0.393. The quantitative estimate of drug-likeness (QED) is 0.624. The van der Waals surface area contributed by atoms with E-state index in [1.165, 1.54) is 12.1 Å². The van der Waals surface area contributed by atoms with Crippen molar-refractivity contribution in [2.75, 3.05) is 18.6 Å². The molecule has 2 fully saturated rings. The Balaban J connectivity index is 1.98. The van der Waals surface area contributed by atoms with Crippen LogP contribution >= 0.6 is 0 Å². The van der Waals surface area contributed by atoms with Crippen LogP contribution in [-0.2, 0) is 4.74 Å². The summed E-state index contributed by atoms with van der Waals surface area (Å²) in [5.41, 5.74) is -0.223. The molecule has 1 aliphatic heterocycles. The van der Waals surface area contributed by atoms with E-state index in [2.05, 4.69) is 13.8 Å². The normalized spacial score (nSPS) is 27.9. The first-order chi connectivity index (χ1) is 10.7. The highest BCUT2D eigenvalue weighted by molar-refractivity contribution is 5.67. The SMILES string of the molecule is CN(c1ccc([N+](=O)[O-])cc1[N+](=O)[O-])C1C2CCOC2C1(C)C. The standard InChI is InChI=1S/C15H19N3O5/c1-15(2)13(10-6-7-23-14(10)15)16(3)11-5-4-9(17(19)20)8-12(11)18(21)22/h4-5,8,10,13-14H,6-7H2,1-3H3. The van der Waals surface area contributed by atoms with Crippen molar-refractivity contribution < 1.29 is 14.6 Å².